The highest BCUT2D eigenvalue weighted by atomic mass is 16.4. The number of nitrogens with one attached hydrogen (secondary N) is 3. The number of hydrogen-bond donors (Lipinski definition) is 8. The molecule has 4 unspecified atom stereocenters. The number of hydrogen-bond acceptors (Lipinski definition) is 8. The SMILES string of the molecule is CC(NC(=O)C(CC(=O)O)NC(=O)C(N)CCC(=O)O)C(=O)NC(CCCCN)C(=O)O. The topological polar surface area (TPSA) is 251 Å². The zero-order valence-electron chi connectivity index (χ0n) is 17.7. The molecule has 0 aromatic carbocycles. The maximum atomic E-state index is 12.4. The van der Waals surface area contributed by atoms with Crippen LogP contribution in [0.25, 0.3) is 0 Å². The van der Waals surface area contributed by atoms with E-state index in [-0.39, 0.29) is 12.8 Å². The van der Waals surface area contributed by atoms with E-state index < -0.39 is 72.6 Å². The smallest absolute Gasteiger partial charge is 0.326 e. The monoisotopic (exact) mass is 461 g/mol. The minimum absolute atomic E-state index is 0.130. The van der Waals surface area contributed by atoms with Crippen LogP contribution in [0.5, 0.6) is 0 Å². The highest BCUT2D eigenvalue weighted by Gasteiger charge is 2.29. The van der Waals surface area contributed by atoms with Crippen LogP contribution in [-0.2, 0) is 28.8 Å². The van der Waals surface area contributed by atoms with Crippen LogP contribution in [0.15, 0.2) is 0 Å². The van der Waals surface area contributed by atoms with E-state index in [0.29, 0.717) is 19.4 Å². The Morgan fingerprint density at radius 2 is 1.38 bits per heavy atom. The second-order valence-electron chi connectivity index (χ2n) is 7.11. The van der Waals surface area contributed by atoms with Crippen LogP contribution in [0.2, 0.25) is 0 Å². The number of unbranched alkanes of at least 4 members (excludes halogenated alkanes) is 1. The van der Waals surface area contributed by atoms with Crippen molar-refractivity contribution in [2.45, 2.75) is 69.6 Å². The fourth-order valence-corrected chi connectivity index (χ4v) is 2.50. The molecule has 0 radical (unpaired) electrons. The van der Waals surface area contributed by atoms with Gasteiger partial charge in [0.25, 0.3) is 0 Å². The van der Waals surface area contributed by atoms with Gasteiger partial charge in [-0.15, -0.1) is 0 Å². The van der Waals surface area contributed by atoms with Gasteiger partial charge in [-0.1, -0.05) is 0 Å². The highest BCUT2D eigenvalue weighted by Crippen LogP contribution is 2.03. The molecule has 10 N–H and O–H groups in total. The molecule has 32 heavy (non-hydrogen) atoms. The Hall–Kier alpha value is -3.26. The number of carbonyl (C=O) groups excluding carboxylic acids is 3. The van der Waals surface area contributed by atoms with Crippen LogP contribution in [0, 0.1) is 0 Å². The third kappa shape index (κ3) is 11.8. The van der Waals surface area contributed by atoms with E-state index in [1.54, 1.807) is 0 Å². The van der Waals surface area contributed by atoms with Crippen molar-refractivity contribution >= 4 is 35.6 Å². The van der Waals surface area contributed by atoms with Crippen LogP contribution in [0.4, 0.5) is 0 Å². The van der Waals surface area contributed by atoms with Crippen molar-refractivity contribution in [3.63, 3.8) is 0 Å². The molecule has 0 saturated heterocycles. The maximum absolute atomic E-state index is 12.4. The summed E-state index contributed by atoms with van der Waals surface area (Å²) in [4.78, 5) is 69.6. The zero-order chi connectivity index (χ0) is 24.8. The van der Waals surface area contributed by atoms with Gasteiger partial charge in [-0.05, 0) is 39.2 Å². The van der Waals surface area contributed by atoms with Crippen LogP contribution in [0.3, 0.4) is 0 Å². The van der Waals surface area contributed by atoms with Crippen molar-refractivity contribution in [3.8, 4) is 0 Å². The van der Waals surface area contributed by atoms with Crippen molar-refractivity contribution in [1.82, 2.24) is 16.0 Å². The highest BCUT2D eigenvalue weighted by molar-refractivity contribution is 5.95. The Labute approximate surface area is 184 Å². The van der Waals surface area contributed by atoms with Gasteiger partial charge in [0.1, 0.15) is 18.1 Å². The summed E-state index contributed by atoms with van der Waals surface area (Å²) in [5, 5.41) is 33.4. The fraction of sp³-hybridized carbons (Fsp3) is 0.667. The van der Waals surface area contributed by atoms with Gasteiger partial charge in [0.2, 0.25) is 17.7 Å². The summed E-state index contributed by atoms with van der Waals surface area (Å²) in [5.74, 6) is -6.64. The van der Waals surface area contributed by atoms with Crippen LogP contribution in [0.1, 0.15) is 45.4 Å². The summed E-state index contributed by atoms with van der Waals surface area (Å²) < 4.78 is 0. The van der Waals surface area contributed by atoms with E-state index in [1.807, 2.05) is 0 Å². The molecule has 0 bridgehead atoms. The van der Waals surface area contributed by atoms with Crippen molar-refractivity contribution in [1.29, 1.82) is 0 Å². The molecule has 0 saturated carbocycles. The molecule has 0 aromatic heterocycles. The number of amides is 3. The molecule has 0 rings (SSSR count). The molecule has 0 aliphatic carbocycles. The summed E-state index contributed by atoms with van der Waals surface area (Å²) in [6.07, 6.45) is -0.306. The van der Waals surface area contributed by atoms with Gasteiger partial charge in [-0.3, -0.25) is 24.0 Å². The average Bonchev–Trinajstić information content (AvgIpc) is 2.69. The predicted molar refractivity (Wildman–Crippen MR) is 109 cm³/mol. The molecule has 14 heteroatoms. The predicted octanol–water partition coefficient (Wildman–Crippen LogP) is -2.66. The van der Waals surface area contributed by atoms with E-state index in [2.05, 4.69) is 16.0 Å². The van der Waals surface area contributed by atoms with Crippen molar-refractivity contribution < 1.29 is 44.1 Å². The first kappa shape index (κ1) is 28.7. The minimum atomic E-state index is -1.59. The molecule has 0 fully saturated rings. The molecule has 14 nitrogen and oxygen atoms in total. The maximum Gasteiger partial charge on any atom is 0.326 e. The number of carboxylic acid groups (broad SMARTS) is 3. The zero-order valence-corrected chi connectivity index (χ0v) is 17.7. The molecule has 0 aromatic rings. The van der Waals surface area contributed by atoms with Gasteiger partial charge in [0.05, 0.1) is 12.5 Å². The Kier molecular flexibility index (Phi) is 13.2. The number of carboxylic acids is 3. The van der Waals surface area contributed by atoms with Gasteiger partial charge < -0.3 is 42.7 Å². The molecule has 3 amide bonds. The summed E-state index contributed by atoms with van der Waals surface area (Å²) >= 11 is 0. The third-order valence-corrected chi connectivity index (χ3v) is 4.33. The number of nitrogens with two attached hydrogens (primary N) is 2. The first-order valence-electron chi connectivity index (χ1n) is 9.92. The first-order valence-corrected chi connectivity index (χ1v) is 9.92. The number of carbonyl (C=O) groups is 6. The van der Waals surface area contributed by atoms with Crippen LogP contribution in [-0.4, -0.2) is 81.7 Å². The Morgan fingerprint density at radius 1 is 0.781 bits per heavy atom. The largest absolute Gasteiger partial charge is 0.481 e. The Bertz CT molecular complexity index is 700. The summed E-state index contributed by atoms with van der Waals surface area (Å²) in [6.45, 7) is 1.62. The van der Waals surface area contributed by atoms with Gasteiger partial charge in [0.15, 0.2) is 0 Å². The second-order valence-corrected chi connectivity index (χ2v) is 7.11. The van der Waals surface area contributed by atoms with E-state index in [1.165, 1.54) is 6.92 Å². The molecule has 4 atom stereocenters. The number of aliphatic carboxylic acids is 3. The Morgan fingerprint density at radius 3 is 1.88 bits per heavy atom. The van der Waals surface area contributed by atoms with Crippen molar-refractivity contribution in [3.05, 3.63) is 0 Å². The molecular formula is C18H31N5O9. The number of rotatable bonds is 16. The summed E-state index contributed by atoms with van der Waals surface area (Å²) in [7, 11) is 0. The van der Waals surface area contributed by atoms with E-state index >= 15 is 0 Å². The van der Waals surface area contributed by atoms with Gasteiger partial charge >= 0.3 is 17.9 Å². The van der Waals surface area contributed by atoms with Gasteiger partial charge in [-0.25, -0.2) is 4.79 Å². The molecule has 182 valence electrons. The van der Waals surface area contributed by atoms with E-state index in [9.17, 15) is 33.9 Å². The first-order chi connectivity index (χ1) is 14.9. The second kappa shape index (κ2) is 14.7. The summed E-state index contributed by atoms with van der Waals surface area (Å²) in [6, 6.07) is -5.32. The summed E-state index contributed by atoms with van der Waals surface area (Å²) in [5.41, 5.74) is 10.9. The molecule has 0 aliphatic heterocycles. The lowest BCUT2D eigenvalue weighted by Gasteiger charge is -2.22. The molecule has 0 aliphatic rings. The lowest BCUT2D eigenvalue weighted by Crippen LogP contribution is -2.56. The normalized spacial score (nSPS) is 14.3. The van der Waals surface area contributed by atoms with Gasteiger partial charge in [-0.2, -0.15) is 0 Å². The fourth-order valence-electron chi connectivity index (χ4n) is 2.50. The average molecular weight is 461 g/mol. The molecular weight excluding hydrogens is 430 g/mol. The molecule has 0 heterocycles. The third-order valence-electron chi connectivity index (χ3n) is 4.33. The van der Waals surface area contributed by atoms with Crippen molar-refractivity contribution in [2.75, 3.05) is 6.54 Å². The van der Waals surface area contributed by atoms with Crippen LogP contribution >= 0.6 is 0 Å². The quantitative estimate of drug-likeness (QED) is 0.110. The standard InChI is InChI=1S/C18H31N5O9/c1-9(15(28)22-11(18(31)32)4-2-3-7-19)21-17(30)12(8-14(26)27)23-16(29)10(20)5-6-13(24)25/h9-12H,2-8,19-20H2,1H3,(H,21,30)(H,22,28)(H,23,29)(H,24,25)(H,26,27)(H,31,32). The minimum Gasteiger partial charge on any atom is -0.481 e. The van der Waals surface area contributed by atoms with E-state index in [4.69, 9.17) is 21.7 Å². The lowest BCUT2D eigenvalue weighted by molar-refractivity contribution is -0.143. The molecule has 0 spiro atoms. The van der Waals surface area contributed by atoms with Crippen molar-refractivity contribution in [2.24, 2.45) is 11.5 Å². The van der Waals surface area contributed by atoms with E-state index in [0.717, 1.165) is 0 Å². The van der Waals surface area contributed by atoms with Gasteiger partial charge in [0, 0.05) is 6.42 Å². The lowest BCUT2D eigenvalue weighted by atomic mass is 10.1. The van der Waals surface area contributed by atoms with Crippen LogP contribution < -0.4 is 27.4 Å². The Balaban J connectivity index is 5.01.